The normalized spacial score (nSPS) is 29.4. The van der Waals surface area contributed by atoms with E-state index in [-0.39, 0.29) is 5.91 Å². The first kappa shape index (κ1) is 10.9. The van der Waals surface area contributed by atoms with Crippen LogP contribution in [0.15, 0.2) is 0 Å². The van der Waals surface area contributed by atoms with Crippen molar-refractivity contribution < 1.29 is 4.79 Å². The fraction of sp³-hybridized carbons (Fsp3) is 0.917. The van der Waals surface area contributed by atoms with E-state index in [0.29, 0.717) is 12.5 Å². The number of amides is 1. The highest BCUT2D eigenvalue weighted by Crippen LogP contribution is 2.36. The van der Waals surface area contributed by atoms with Gasteiger partial charge in [-0.1, -0.05) is 6.92 Å². The van der Waals surface area contributed by atoms with Crippen molar-refractivity contribution in [2.45, 2.75) is 45.1 Å². The summed E-state index contributed by atoms with van der Waals surface area (Å²) in [4.78, 5) is 11.3. The zero-order valence-electron chi connectivity index (χ0n) is 9.59. The third-order valence-corrected chi connectivity index (χ3v) is 3.64. The average Bonchev–Trinajstić information content (AvgIpc) is 3.01. The molecule has 1 heterocycles. The molecule has 1 saturated heterocycles. The van der Waals surface area contributed by atoms with Gasteiger partial charge in [0.05, 0.1) is 0 Å². The number of hydrogen-bond acceptors (Lipinski definition) is 2. The Morgan fingerprint density at radius 3 is 3.00 bits per heavy atom. The third kappa shape index (κ3) is 3.49. The Hall–Kier alpha value is -0.570. The Morgan fingerprint density at radius 1 is 1.47 bits per heavy atom. The molecule has 0 aromatic heterocycles. The third-order valence-electron chi connectivity index (χ3n) is 3.64. The molecular weight excluding hydrogens is 188 g/mol. The molecule has 0 aromatic carbocycles. The zero-order chi connectivity index (χ0) is 10.7. The molecule has 0 spiro atoms. The molecule has 2 unspecified atom stereocenters. The summed E-state index contributed by atoms with van der Waals surface area (Å²) in [6.45, 7) is 4.26. The molecule has 2 N–H and O–H groups in total. The molecule has 0 radical (unpaired) electrons. The van der Waals surface area contributed by atoms with E-state index in [1.165, 1.54) is 12.8 Å². The molecule has 0 aromatic rings. The van der Waals surface area contributed by atoms with Crippen LogP contribution in [0.5, 0.6) is 0 Å². The van der Waals surface area contributed by atoms with Crippen molar-refractivity contribution in [2.75, 3.05) is 13.1 Å². The number of nitrogens with one attached hydrogen (secondary N) is 2. The lowest BCUT2D eigenvalue weighted by Gasteiger charge is -2.18. The number of rotatable bonds is 4. The Bertz CT molecular complexity index is 226. The Kier molecular flexibility index (Phi) is 3.62. The van der Waals surface area contributed by atoms with Crippen LogP contribution >= 0.6 is 0 Å². The minimum Gasteiger partial charge on any atom is -0.356 e. The van der Waals surface area contributed by atoms with Gasteiger partial charge in [0.15, 0.2) is 0 Å². The van der Waals surface area contributed by atoms with Gasteiger partial charge in [-0.15, -0.1) is 0 Å². The van der Waals surface area contributed by atoms with Crippen LogP contribution in [0.2, 0.25) is 0 Å². The summed E-state index contributed by atoms with van der Waals surface area (Å²) in [5, 5.41) is 6.47. The molecule has 86 valence electrons. The molecule has 3 heteroatoms. The first-order valence-electron chi connectivity index (χ1n) is 6.26. The molecule has 15 heavy (non-hydrogen) atoms. The van der Waals surface area contributed by atoms with Crippen LogP contribution in [-0.4, -0.2) is 25.0 Å². The van der Waals surface area contributed by atoms with E-state index in [2.05, 4.69) is 17.6 Å². The van der Waals surface area contributed by atoms with E-state index >= 15 is 0 Å². The molecule has 1 aliphatic carbocycles. The van der Waals surface area contributed by atoms with Crippen molar-refractivity contribution in [1.82, 2.24) is 10.6 Å². The van der Waals surface area contributed by atoms with E-state index in [9.17, 15) is 4.79 Å². The Labute approximate surface area is 92.0 Å². The maximum Gasteiger partial charge on any atom is 0.221 e. The van der Waals surface area contributed by atoms with Crippen LogP contribution in [0, 0.1) is 11.8 Å². The molecule has 0 bridgehead atoms. The van der Waals surface area contributed by atoms with E-state index in [1.54, 1.807) is 0 Å². The van der Waals surface area contributed by atoms with Crippen molar-refractivity contribution in [1.29, 1.82) is 0 Å². The molecule has 2 fully saturated rings. The molecule has 2 atom stereocenters. The van der Waals surface area contributed by atoms with Crippen LogP contribution in [-0.2, 0) is 4.79 Å². The maximum absolute atomic E-state index is 11.3. The zero-order valence-corrected chi connectivity index (χ0v) is 9.59. The maximum atomic E-state index is 11.3. The lowest BCUT2D eigenvalue weighted by molar-refractivity contribution is -0.121. The smallest absolute Gasteiger partial charge is 0.221 e. The highest BCUT2D eigenvalue weighted by molar-refractivity contribution is 5.76. The van der Waals surface area contributed by atoms with Crippen LogP contribution < -0.4 is 10.6 Å². The fourth-order valence-electron chi connectivity index (χ4n) is 2.33. The molecule has 3 nitrogen and oxygen atoms in total. The summed E-state index contributed by atoms with van der Waals surface area (Å²) in [6.07, 6.45) is 5.73. The van der Waals surface area contributed by atoms with Gasteiger partial charge in [0, 0.05) is 19.0 Å². The topological polar surface area (TPSA) is 41.1 Å². The number of carbonyl (C=O) groups excluding carboxylic acids is 1. The molecular formula is C12H22N2O. The van der Waals surface area contributed by atoms with Crippen LogP contribution in [0.25, 0.3) is 0 Å². The van der Waals surface area contributed by atoms with Crippen molar-refractivity contribution >= 4 is 5.91 Å². The van der Waals surface area contributed by atoms with Gasteiger partial charge in [0.2, 0.25) is 5.91 Å². The molecule has 2 rings (SSSR count). The molecule has 1 aliphatic heterocycles. The predicted molar refractivity (Wildman–Crippen MR) is 60.5 cm³/mol. The predicted octanol–water partition coefficient (Wildman–Crippen LogP) is 1.29. The average molecular weight is 210 g/mol. The Balaban J connectivity index is 1.69. The van der Waals surface area contributed by atoms with Gasteiger partial charge in [-0.3, -0.25) is 4.79 Å². The second kappa shape index (κ2) is 4.97. The fourth-order valence-corrected chi connectivity index (χ4v) is 2.33. The van der Waals surface area contributed by atoms with Gasteiger partial charge < -0.3 is 10.6 Å². The van der Waals surface area contributed by atoms with Crippen molar-refractivity contribution in [2.24, 2.45) is 11.8 Å². The minimum absolute atomic E-state index is 0.212. The standard InChI is InChI=1S/C12H22N2O/c1-9(10-4-5-10)8-14-11-3-2-6-13-12(15)7-11/h9-11,14H,2-8H2,1H3,(H,13,15). The quantitative estimate of drug-likeness (QED) is 0.734. The highest BCUT2D eigenvalue weighted by Gasteiger charge is 2.28. The Morgan fingerprint density at radius 2 is 2.27 bits per heavy atom. The largest absolute Gasteiger partial charge is 0.356 e. The summed E-state index contributed by atoms with van der Waals surface area (Å²) in [5.41, 5.74) is 0. The van der Waals surface area contributed by atoms with Gasteiger partial charge in [-0.05, 0) is 44.1 Å². The number of hydrogen-bond donors (Lipinski definition) is 2. The minimum atomic E-state index is 0.212. The monoisotopic (exact) mass is 210 g/mol. The summed E-state index contributed by atoms with van der Waals surface area (Å²) in [6, 6.07) is 0.411. The second-order valence-corrected chi connectivity index (χ2v) is 5.12. The van der Waals surface area contributed by atoms with Gasteiger partial charge in [-0.25, -0.2) is 0 Å². The molecule has 1 saturated carbocycles. The summed E-state index contributed by atoms with van der Waals surface area (Å²) < 4.78 is 0. The molecule has 2 aliphatic rings. The SMILES string of the molecule is CC(CNC1CCCNC(=O)C1)C1CC1. The molecule has 1 amide bonds. The summed E-state index contributed by atoms with van der Waals surface area (Å²) >= 11 is 0. The van der Waals surface area contributed by atoms with E-state index in [1.807, 2.05) is 0 Å². The van der Waals surface area contributed by atoms with Gasteiger partial charge in [0.25, 0.3) is 0 Å². The van der Waals surface area contributed by atoms with Gasteiger partial charge >= 0.3 is 0 Å². The van der Waals surface area contributed by atoms with Gasteiger partial charge in [-0.2, -0.15) is 0 Å². The number of carbonyl (C=O) groups is 1. The van der Waals surface area contributed by atoms with E-state index in [0.717, 1.165) is 37.8 Å². The van der Waals surface area contributed by atoms with Crippen LogP contribution in [0.3, 0.4) is 0 Å². The first-order chi connectivity index (χ1) is 7.25. The van der Waals surface area contributed by atoms with Crippen molar-refractivity contribution in [3.63, 3.8) is 0 Å². The van der Waals surface area contributed by atoms with Crippen LogP contribution in [0.4, 0.5) is 0 Å². The summed E-state index contributed by atoms with van der Waals surface area (Å²) in [5.74, 6) is 1.96. The van der Waals surface area contributed by atoms with Gasteiger partial charge in [0.1, 0.15) is 0 Å². The first-order valence-corrected chi connectivity index (χ1v) is 6.26. The van der Waals surface area contributed by atoms with E-state index in [4.69, 9.17) is 0 Å². The lowest BCUT2D eigenvalue weighted by atomic mass is 10.0. The lowest BCUT2D eigenvalue weighted by Crippen LogP contribution is -2.35. The second-order valence-electron chi connectivity index (χ2n) is 5.12. The summed E-state index contributed by atoms with van der Waals surface area (Å²) in [7, 11) is 0. The van der Waals surface area contributed by atoms with Crippen molar-refractivity contribution in [3.05, 3.63) is 0 Å². The van der Waals surface area contributed by atoms with Crippen molar-refractivity contribution in [3.8, 4) is 0 Å². The highest BCUT2D eigenvalue weighted by atomic mass is 16.1. The van der Waals surface area contributed by atoms with Crippen LogP contribution in [0.1, 0.15) is 39.0 Å². The van der Waals surface area contributed by atoms with E-state index < -0.39 is 0 Å².